The highest BCUT2D eigenvalue weighted by Gasteiger charge is 2.17. The minimum absolute atomic E-state index is 0.187. The highest BCUT2D eigenvalue weighted by molar-refractivity contribution is 7.84. The average molecular weight is 245 g/mol. The lowest BCUT2D eigenvalue weighted by Gasteiger charge is -2.20. The summed E-state index contributed by atoms with van der Waals surface area (Å²) in [6.45, 7) is 7.49. The van der Waals surface area contributed by atoms with E-state index < -0.39 is 10.8 Å². The third-order valence-corrected chi connectivity index (χ3v) is 4.69. The molecule has 1 fully saturated rings. The van der Waals surface area contributed by atoms with Crippen molar-refractivity contribution in [1.82, 2.24) is 5.32 Å². The van der Waals surface area contributed by atoms with E-state index in [1.165, 1.54) is 25.7 Å². The Kier molecular flexibility index (Phi) is 5.98. The lowest BCUT2D eigenvalue weighted by atomic mass is 10.1. The molecule has 0 aromatic rings. The van der Waals surface area contributed by atoms with Crippen molar-refractivity contribution >= 4 is 10.8 Å². The first-order valence-electron chi connectivity index (χ1n) is 6.57. The minimum Gasteiger partial charge on any atom is -0.312 e. The van der Waals surface area contributed by atoms with Gasteiger partial charge in [-0.3, -0.25) is 4.21 Å². The predicted molar refractivity (Wildman–Crippen MR) is 72.2 cm³/mol. The Bertz CT molecular complexity index is 216. The van der Waals surface area contributed by atoms with E-state index in [1.807, 2.05) is 0 Å². The SMILES string of the molecule is CC(C)(C)NCCCS(=O)CC1CCCC1. The quantitative estimate of drug-likeness (QED) is 0.729. The van der Waals surface area contributed by atoms with Crippen molar-refractivity contribution in [1.29, 1.82) is 0 Å². The van der Waals surface area contributed by atoms with Crippen molar-refractivity contribution in [3.8, 4) is 0 Å². The summed E-state index contributed by atoms with van der Waals surface area (Å²) in [5, 5.41) is 3.44. The Morgan fingerprint density at radius 2 is 1.88 bits per heavy atom. The van der Waals surface area contributed by atoms with Crippen LogP contribution in [0.15, 0.2) is 0 Å². The summed E-state index contributed by atoms with van der Waals surface area (Å²) in [4.78, 5) is 0. The van der Waals surface area contributed by atoms with Crippen LogP contribution in [0.5, 0.6) is 0 Å². The summed E-state index contributed by atoms with van der Waals surface area (Å²) in [5.41, 5.74) is 0.187. The second-order valence-corrected chi connectivity index (χ2v) is 7.61. The van der Waals surface area contributed by atoms with Gasteiger partial charge in [0.25, 0.3) is 0 Å². The van der Waals surface area contributed by atoms with Crippen molar-refractivity contribution in [3.63, 3.8) is 0 Å². The fraction of sp³-hybridized carbons (Fsp3) is 1.00. The van der Waals surface area contributed by atoms with Gasteiger partial charge in [0, 0.05) is 27.8 Å². The van der Waals surface area contributed by atoms with E-state index in [2.05, 4.69) is 26.1 Å². The molecule has 0 heterocycles. The van der Waals surface area contributed by atoms with Crippen molar-refractivity contribution < 1.29 is 4.21 Å². The van der Waals surface area contributed by atoms with Crippen LogP contribution in [0.3, 0.4) is 0 Å². The van der Waals surface area contributed by atoms with Gasteiger partial charge in [-0.25, -0.2) is 0 Å². The van der Waals surface area contributed by atoms with Gasteiger partial charge in [-0.15, -0.1) is 0 Å². The molecule has 0 amide bonds. The molecule has 0 spiro atoms. The summed E-state index contributed by atoms with van der Waals surface area (Å²) >= 11 is 0. The standard InChI is InChI=1S/C13H27NOS/c1-13(2,3)14-9-6-10-16(15)11-12-7-4-5-8-12/h12,14H,4-11H2,1-3H3. The third kappa shape index (κ3) is 6.64. The van der Waals surface area contributed by atoms with Gasteiger partial charge in [-0.2, -0.15) is 0 Å². The number of hydrogen-bond acceptors (Lipinski definition) is 2. The predicted octanol–water partition coefficient (Wildman–Crippen LogP) is 2.70. The van der Waals surface area contributed by atoms with Gasteiger partial charge in [0.1, 0.15) is 0 Å². The Hall–Kier alpha value is 0.110. The molecule has 2 nitrogen and oxygen atoms in total. The largest absolute Gasteiger partial charge is 0.312 e. The molecule has 0 radical (unpaired) electrons. The van der Waals surface area contributed by atoms with Gasteiger partial charge in [0.15, 0.2) is 0 Å². The molecule has 1 atom stereocenters. The highest BCUT2D eigenvalue weighted by Crippen LogP contribution is 2.25. The van der Waals surface area contributed by atoms with E-state index in [9.17, 15) is 4.21 Å². The van der Waals surface area contributed by atoms with Crippen LogP contribution in [0.1, 0.15) is 52.9 Å². The number of hydrogen-bond donors (Lipinski definition) is 1. The molecule has 3 heteroatoms. The fourth-order valence-corrected chi connectivity index (χ4v) is 3.71. The summed E-state index contributed by atoms with van der Waals surface area (Å²) in [6.07, 6.45) is 6.37. The Labute approximate surface area is 103 Å². The molecule has 0 bridgehead atoms. The van der Waals surface area contributed by atoms with E-state index in [1.54, 1.807) is 0 Å². The lowest BCUT2D eigenvalue weighted by molar-refractivity contribution is 0.427. The first-order valence-corrected chi connectivity index (χ1v) is 8.06. The van der Waals surface area contributed by atoms with Crippen LogP contribution in [-0.2, 0) is 10.8 Å². The molecule has 1 rings (SSSR count). The Morgan fingerprint density at radius 3 is 2.44 bits per heavy atom. The molecule has 0 aliphatic heterocycles. The second-order valence-electron chi connectivity index (χ2n) is 5.99. The molecular weight excluding hydrogens is 218 g/mol. The van der Waals surface area contributed by atoms with Gasteiger partial charge in [0.2, 0.25) is 0 Å². The zero-order valence-corrected chi connectivity index (χ0v) is 11.9. The van der Waals surface area contributed by atoms with Crippen LogP contribution < -0.4 is 5.32 Å². The summed E-state index contributed by atoms with van der Waals surface area (Å²) in [6, 6.07) is 0. The van der Waals surface area contributed by atoms with Gasteiger partial charge >= 0.3 is 0 Å². The van der Waals surface area contributed by atoms with Gasteiger partial charge < -0.3 is 5.32 Å². The van der Waals surface area contributed by atoms with Crippen molar-refractivity contribution in [2.45, 2.75) is 58.4 Å². The average Bonchev–Trinajstić information content (AvgIpc) is 2.63. The van der Waals surface area contributed by atoms with Crippen LogP contribution >= 0.6 is 0 Å². The molecular formula is C13H27NOS. The molecule has 96 valence electrons. The first kappa shape index (κ1) is 14.2. The molecule has 16 heavy (non-hydrogen) atoms. The minimum atomic E-state index is -0.578. The van der Waals surface area contributed by atoms with Crippen LogP contribution in [0.25, 0.3) is 0 Å². The van der Waals surface area contributed by atoms with Crippen molar-refractivity contribution in [2.75, 3.05) is 18.1 Å². The molecule has 1 unspecified atom stereocenters. The van der Waals surface area contributed by atoms with E-state index in [0.717, 1.165) is 30.4 Å². The fourth-order valence-electron chi connectivity index (χ4n) is 2.22. The van der Waals surface area contributed by atoms with Gasteiger partial charge in [0.05, 0.1) is 0 Å². The number of rotatable bonds is 6. The second kappa shape index (κ2) is 6.75. The van der Waals surface area contributed by atoms with Crippen LogP contribution in [0.2, 0.25) is 0 Å². The molecule has 0 saturated heterocycles. The molecule has 1 aliphatic rings. The highest BCUT2D eigenvalue weighted by atomic mass is 32.2. The Balaban J connectivity index is 2.02. The molecule has 0 aromatic carbocycles. The maximum absolute atomic E-state index is 11.8. The van der Waals surface area contributed by atoms with Crippen LogP contribution in [0, 0.1) is 5.92 Å². The lowest BCUT2D eigenvalue weighted by Crippen LogP contribution is -2.36. The van der Waals surface area contributed by atoms with E-state index in [0.29, 0.717) is 0 Å². The molecule has 1 aliphatic carbocycles. The van der Waals surface area contributed by atoms with Crippen molar-refractivity contribution in [2.24, 2.45) is 5.92 Å². The topological polar surface area (TPSA) is 29.1 Å². The van der Waals surface area contributed by atoms with E-state index in [4.69, 9.17) is 0 Å². The maximum atomic E-state index is 11.8. The summed E-state index contributed by atoms with van der Waals surface area (Å²) < 4.78 is 11.8. The first-order chi connectivity index (χ1) is 7.47. The van der Waals surface area contributed by atoms with Crippen LogP contribution in [-0.4, -0.2) is 27.8 Å². The van der Waals surface area contributed by atoms with E-state index >= 15 is 0 Å². The van der Waals surface area contributed by atoms with Gasteiger partial charge in [-0.05, 0) is 52.5 Å². The smallest absolute Gasteiger partial charge is 0.0263 e. The van der Waals surface area contributed by atoms with Crippen molar-refractivity contribution in [3.05, 3.63) is 0 Å². The van der Waals surface area contributed by atoms with Gasteiger partial charge in [-0.1, -0.05) is 12.8 Å². The third-order valence-electron chi connectivity index (χ3n) is 3.10. The maximum Gasteiger partial charge on any atom is 0.0263 e. The zero-order valence-electron chi connectivity index (χ0n) is 11.1. The van der Waals surface area contributed by atoms with Crippen LogP contribution in [0.4, 0.5) is 0 Å². The molecule has 1 N–H and O–H groups in total. The molecule has 1 saturated carbocycles. The normalized spacial score (nSPS) is 20.2. The monoisotopic (exact) mass is 245 g/mol. The summed E-state index contributed by atoms with van der Waals surface area (Å²) in [7, 11) is -0.578. The summed E-state index contributed by atoms with van der Waals surface area (Å²) in [5.74, 6) is 2.59. The molecule has 0 aromatic heterocycles. The van der Waals surface area contributed by atoms with E-state index in [-0.39, 0.29) is 5.54 Å². The Morgan fingerprint density at radius 1 is 1.25 bits per heavy atom. The number of nitrogens with one attached hydrogen (secondary N) is 1. The zero-order chi connectivity index (χ0) is 12.0.